The van der Waals surface area contributed by atoms with Gasteiger partial charge >= 0.3 is 0 Å². The van der Waals surface area contributed by atoms with Crippen LogP contribution in [0.3, 0.4) is 0 Å². The van der Waals surface area contributed by atoms with E-state index in [1.807, 2.05) is 20.8 Å². The van der Waals surface area contributed by atoms with Gasteiger partial charge in [0.05, 0.1) is 16.2 Å². The van der Waals surface area contributed by atoms with Crippen LogP contribution < -0.4 is 10.2 Å². The molecule has 1 aromatic rings. The number of hydrogen-bond donors (Lipinski definition) is 1. The molecule has 0 bridgehead atoms. The number of carbonyl (C=O) groups excluding carboxylic acids is 2. The Bertz CT molecular complexity index is 619. The molecule has 1 aliphatic heterocycles. The van der Waals surface area contributed by atoms with Crippen molar-refractivity contribution >= 4 is 23.1 Å². The maximum Gasteiger partial charge on any atom is 0.299 e. The molecule has 1 aromatic carbocycles. The van der Waals surface area contributed by atoms with Gasteiger partial charge in [0.1, 0.15) is 0 Å². The number of nitro groups is 1. The van der Waals surface area contributed by atoms with Crippen molar-refractivity contribution in [2.75, 3.05) is 18.0 Å². The molecule has 0 spiro atoms. The molecule has 1 amide bonds. The first kappa shape index (κ1) is 15.1. The summed E-state index contributed by atoms with van der Waals surface area (Å²) in [5.74, 6) is -1.33. The molecule has 0 atom stereocenters. The molecule has 112 valence electrons. The lowest BCUT2D eigenvalue weighted by Gasteiger charge is -2.23. The molecule has 1 aliphatic rings. The molecule has 0 aliphatic carbocycles. The summed E-state index contributed by atoms with van der Waals surface area (Å²) < 4.78 is 0. The van der Waals surface area contributed by atoms with Crippen LogP contribution in [0.2, 0.25) is 0 Å². The van der Waals surface area contributed by atoms with E-state index in [-0.39, 0.29) is 16.8 Å². The van der Waals surface area contributed by atoms with Gasteiger partial charge in [0.2, 0.25) is 0 Å². The molecule has 1 N–H and O–H groups in total. The Hall–Kier alpha value is -2.28. The van der Waals surface area contributed by atoms with Crippen LogP contribution in [0.4, 0.5) is 11.4 Å². The molecule has 7 nitrogen and oxygen atoms in total. The van der Waals surface area contributed by atoms with Gasteiger partial charge in [-0.05, 0) is 26.8 Å². The predicted octanol–water partition coefficient (Wildman–Crippen LogP) is 1.51. The lowest BCUT2D eigenvalue weighted by molar-refractivity contribution is -0.384. The van der Waals surface area contributed by atoms with Crippen LogP contribution in [0, 0.1) is 10.1 Å². The standard InChI is InChI=1S/C14H17N3O4/c1-14(2,3)15-6-7-16-11-5-4-9(17(20)21)8-10(11)12(18)13(16)19/h4-5,8,15H,6-7H2,1-3H3. The minimum atomic E-state index is -0.690. The summed E-state index contributed by atoms with van der Waals surface area (Å²) in [7, 11) is 0. The van der Waals surface area contributed by atoms with Crippen molar-refractivity contribution in [1.82, 2.24) is 5.32 Å². The zero-order valence-electron chi connectivity index (χ0n) is 12.2. The number of fused-ring (bicyclic) bond motifs is 1. The van der Waals surface area contributed by atoms with Crippen LogP contribution in [0.25, 0.3) is 0 Å². The first-order chi connectivity index (χ1) is 9.70. The highest BCUT2D eigenvalue weighted by Crippen LogP contribution is 2.31. The first-order valence-electron chi connectivity index (χ1n) is 6.60. The third-order valence-corrected chi connectivity index (χ3v) is 3.16. The van der Waals surface area contributed by atoms with Gasteiger partial charge in [-0.25, -0.2) is 0 Å². The Morgan fingerprint density at radius 1 is 1.29 bits per heavy atom. The Kier molecular flexibility index (Phi) is 3.78. The van der Waals surface area contributed by atoms with E-state index in [0.29, 0.717) is 18.8 Å². The van der Waals surface area contributed by atoms with Crippen molar-refractivity contribution in [3.05, 3.63) is 33.9 Å². The fourth-order valence-electron chi connectivity index (χ4n) is 2.17. The Labute approximate surface area is 122 Å². The van der Waals surface area contributed by atoms with E-state index in [1.165, 1.54) is 17.0 Å². The average Bonchev–Trinajstić information content (AvgIpc) is 2.62. The van der Waals surface area contributed by atoms with Gasteiger partial charge in [-0.2, -0.15) is 0 Å². The SMILES string of the molecule is CC(C)(C)NCCN1C(=O)C(=O)c2cc([N+](=O)[O-])ccc21. The predicted molar refractivity (Wildman–Crippen MR) is 77.5 cm³/mol. The molecule has 0 radical (unpaired) electrons. The van der Waals surface area contributed by atoms with E-state index in [9.17, 15) is 19.7 Å². The summed E-state index contributed by atoms with van der Waals surface area (Å²) in [5.41, 5.74) is 0.256. The van der Waals surface area contributed by atoms with Crippen molar-refractivity contribution in [2.24, 2.45) is 0 Å². The van der Waals surface area contributed by atoms with E-state index in [0.717, 1.165) is 6.07 Å². The molecular weight excluding hydrogens is 274 g/mol. The van der Waals surface area contributed by atoms with Gasteiger partial charge in [0, 0.05) is 30.8 Å². The minimum Gasteiger partial charge on any atom is -0.310 e. The summed E-state index contributed by atoms with van der Waals surface area (Å²) in [6.07, 6.45) is 0. The van der Waals surface area contributed by atoms with Crippen LogP contribution in [0.15, 0.2) is 18.2 Å². The van der Waals surface area contributed by atoms with Crippen LogP contribution in [0.1, 0.15) is 31.1 Å². The summed E-state index contributed by atoms with van der Waals surface area (Å²) in [6, 6.07) is 3.91. The van der Waals surface area contributed by atoms with Crippen molar-refractivity contribution in [2.45, 2.75) is 26.3 Å². The highest BCUT2D eigenvalue weighted by Gasteiger charge is 2.36. The number of hydrogen-bond acceptors (Lipinski definition) is 5. The third kappa shape index (κ3) is 3.08. The Morgan fingerprint density at radius 2 is 1.95 bits per heavy atom. The summed E-state index contributed by atoms with van der Waals surface area (Å²) in [6.45, 7) is 6.87. The summed E-state index contributed by atoms with van der Waals surface area (Å²) >= 11 is 0. The van der Waals surface area contributed by atoms with Crippen LogP contribution in [-0.4, -0.2) is 35.2 Å². The minimum absolute atomic E-state index is 0.0922. The number of anilines is 1. The Morgan fingerprint density at radius 3 is 2.52 bits per heavy atom. The number of benzene rings is 1. The number of ketones is 1. The lowest BCUT2D eigenvalue weighted by Crippen LogP contribution is -2.42. The number of rotatable bonds is 4. The molecule has 0 saturated heterocycles. The second-order valence-corrected chi connectivity index (χ2v) is 5.92. The largest absolute Gasteiger partial charge is 0.310 e. The van der Waals surface area contributed by atoms with E-state index >= 15 is 0 Å². The maximum absolute atomic E-state index is 12.0. The lowest BCUT2D eigenvalue weighted by atomic mass is 10.1. The van der Waals surface area contributed by atoms with E-state index in [2.05, 4.69) is 5.32 Å². The van der Waals surface area contributed by atoms with Crippen molar-refractivity contribution in [3.63, 3.8) is 0 Å². The number of carbonyl (C=O) groups is 2. The van der Waals surface area contributed by atoms with Gasteiger partial charge in [-0.1, -0.05) is 0 Å². The number of amides is 1. The highest BCUT2D eigenvalue weighted by atomic mass is 16.6. The zero-order chi connectivity index (χ0) is 15.8. The second-order valence-electron chi connectivity index (χ2n) is 5.92. The molecule has 1 heterocycles. The number of nitrogens with one attached hydrogen (secondary N) is 1. The molecular formula is C14H17N3O4. The number of Topliss-reactive ketones (excluding diaryl/α,β-unsaturated/α-hetero) is 1. The molecule has 0 aromatic heterocycles. The number of non-ortho nitro benzene ring substituents is 1. The van der Waals surface area contributed by atoms with Gasteiger partial charge in [-0.15, -0.1) is 0 Å². The van der Waals surface area contributed by atoms with Crippen LogP contribution in [-0.2, 0) is 4.79 Å². The van der Waals surface area contributed by atoms with Gasteiger partial charge in [-0.3, -0.25) is 19.7 Å². The molecule has 2 rings (SSSR count). The normalized spacial score (nSPS) is 14.5. The van der Waals surface area contributed by atoms with Gasteiger partial charge < -0.3 is 10.2 Å². The van der Waals surface area contributed by atoms with E-state index in [1.54, 1.807) is 0 Å². The fraction of sp³-hybridized carbons (Fsp3) is 0.429. The summed E-state index contributed by atoms with van der Waals surface area (Å²) in [5, 5.41) is 14.0. The van der Waals surface area contributed by atoms with E-state index < -0.39 is 16.6 Å². The summed E-state index contributed by atoms with van der Waals surface area (Å²) in [4.78, 5) is 35.4. The highest BCUT2D eigenvalue weighted by molar-refractivity contribution is 6.52. The second kappa shape index (κ2) is 5.25. The molecule has 0 unspecified atom stereocenters. The molecule has 0 saturated carbocycles. The van der Waals surface area contributed by atoms with Crippen molar-refractivity contribution in [1.29, 1.82) is 0 Å². The van der Waals surface area contributed by atoms with Gasteiger partial charge in [0.25, 0.3) is 17.4 Å². The van der Waals surface area contributed by atoms with Crippen LogP contribution >= 0.6 is 0 Å². The molecule has 21 heavy (non-hydrogen) atoms. The number of nitro benzene ring substituents is 1. The third-order valence-electron chi connectivity index (χ3n) is 3.16. The monoisotopic (exact) mass is 291 g/mol. The number of nitrogens with zero attached hydrogens (tertiary/aromatic N) is 2. The average molecular weight is 291 g/mol. The van der Waals surface area contributed by atoms with Crippen molar-refractivity contribution in [3.8, 4) is 0 Å². The van der Waals surface area contributed by atoms with Crippen molar-refractivity contribution < 1.29 is 14.5 Å². The zero-order valence-corrected chi connectivity index (χ0v) is 12.2. The maximum atomic E-state index is 12.0. The van der Waals surface area contributed by atoms with E-state index in [4.69, 9.17) is 0 Å². The smallest absolute Gasteiger partial charge is 0.299 e. The molecule has 7 heteroatoms. The van der Waals surface area contributed by atoms with Gasteiger partial charge in [0.15, 0.2) is 0 Å². The van der Waals surface area contributed by atoms with Crippen LogP contribution in [0.5, 0.6) is 0 Å². The Balaban J connectivity index is 2.21. The molecule has 0 fully saturated rings. The first-order valence-corrected chi connectivity index (χ1v) is 6.60. The quantitative estimate of drug-likeness (QED) is 0.515. The fourth-order valence-corrected chi connectivity index (χ4v) is 2.17. The topological polar surface area (TPSA) is 92.6 Å².